The highest BCUT2D eigenvalue weighted by Crippen LogP contribution is 2.27. The zero-order chi connectivity index (χ0) is 20.9. The Balaban J connectivity index is 0.00000272. The Morgan fingerprint density at radius 2 is 2.13 bits per heavy atom. The molecule has 2 fully saturated rings. The maximum atomic E-state index is 13.9. The second kappa shape index (κ2) is 11.2. The average molecular weight is 542 g/mol. The van der Waals surface area contributed by atoms with E-state index >= 15 is 0 Å². The molecule has 3 heterocycles. The van der Waals surface area contributed by atoms with E-state index in [1.807, 2.05) is 31.0 Å². The number of benzene rings is 1. The van der Waals surface area contributed by atoms with Gasteiger partial charge in [-0.2, -0.15) is 5.10 Å². The van der Waals surface area contributed by atoms with Crippen LogP contribution in [-0.4, -0.2) is 78.5 Å². The minimum absolute atomic E-state index is 0. The largest absolute Gasteiger partial charge is 0.379 e. The molecular weight excluding hydrogens is 510 g/mol. The van der Waals surface area contributed by atoms with Crippen LogP contribution >= 0.6 is 24.0 Å². The molecule has 170 valence electrons. The van der Waals surface area contributed by atoms with Crippen molar-refractivity contribution in [2.24, 2.45) is 12.0 Å². The van der Waals surface area contributed by atoms with E-state index in [9.17, 15) is 4.39 Å². The monoisotopic (exact) mass is 542 g/mol. The fourth-order valence-electron chi connectivity index (χ4n) is 4.46. The number of aromatic nitrogens is 2. The van der Waals surface area contributed by atoms with Crippen molar-refractivity contribution in [3.05, 3.63) is 53.6 Å². The third-order valence-corrected chi connectivity index (χ3v) is 6.07. The van der Waals surface area contributed by atoms with Crippen LogP contribution in [0.4, 0.5) is 4.39 Å². The van der Waals surface area contributed by atoms with Crippen LogP contribution in [0.2, 0.25) is 0 Å². The Labute approximate surface area is 200 Å². The third kappa shape index (κ3) is 5.95. The molecule has 2 aliphatic heterocycles. The average Bonchev–Trinajstić information content (AvgIpc) is 3.41. The van der Waals surface area contributed by atoms with Gasteiger partial charge >= 0.3 is 0 Å². The van der Waals surface area contributed by atoms with E-state index < -0.39 is 0 Å². The standard InChI is InChI=1S/C22H31FN6O.HI/c1-24-22(29-7-6-18(16-29)19-13-26-27(2)15-19)25-14-21(28-8-10-30-11-9-28)17-4-3-5-20(23)12-17;/h3-5,12-13,15,18,21H,6-11,14,16H2,1-2H3,(H,24,25);1H. The number of rotatable bonds is 5. The maximum absolute atomic E-state index is 13.9. The van der Waals surface area contributed by atoms with Gasteiger partial charge in [0.15, 0.2) is 5.96 Å². The molecule has 4 rings (SSSR count). The Morgan fingerprint density at radius 1 is 1.32 bits per heavy atom. The lowest BCUT2D eigenvalue weighted by atomic mass is 10.0. The second-order valence-corrected chi connectivity index (χ2v) is 8.03. The lowest BCUT2D eigenvalue weighted by Gasteiger charge is -2.35. The van der Waals surface area contributed by atoms with Crippen molar-refractivity contribution >= 4 is 29.9 Å². The first-order valence-electron chi connectivity index (χ1n) is 10.7. The van der Waals surface area contributed by atoms with Crippen LogP contribution in [-0.2, 0) is 11.8 Å². The number of aryl methyl sites for hydroxylation is 1. The lowest BCUT2D eigenvalue weighted by Crippen LogP contribution is -2.47. The minimum Gasteiger partial charge on any atom is -0.379 e. The molecular formula is C22H32FIN6O. The number of morpholine rings is 1. The summed E-state index contributed by atoms with van der Waals surface area (Å²) >= 11 is 0. The van der Waals surface area contributed by atoms with Crippen molar-refractivity contribution in [3.8, 4) is 0 Å². The number of guanidine groups is 1. The van der Waals surface area contributed by atoms with Crippen LogP contribution in [0.15, 0.2) is 41.7 Å². The summed E-state index contributed by atoms with van der Waals surface area (Å²) < 4.78 is 21.3. The molecule has 2 atom stereocenters. The van der Waals surface area contributed by atoms with Crippen LogP contribution in [0, 0.1) is 5.82 Å². The van der Waals surface area contributed by atoms with Crippen LogP contribution < -0.4 is 5.32 Å². The Hall–Kier alpha value is -1.72. The fourth-order valence-corrected chi connectivity index (χ4v) is 4.46. The van der Waals surface area contributed by atoms with Crippen LogP contribution in [0.1, 0.15) is 29.5 Å². The maximum Gasteiger partial charge on any atom is 0.193 e. The van der Waals surface area contributed by atoms with E-state index in [0.29, 0.717) is 25.7 Å². The number of hydrogen-bond donors (Lipinski definition) is 1. The number of aliphatic imine (C=N–C) groups is 1. The Morgan fingerprint density at radius 3 is 2.81 bits per heavy atom. The molecule has 0 radical (unpaired) electrons. The molecule has 2 aliphatic rings. The zero-order valence-electron chi connectivity index (χ0n) is 18.2. The molecule has 9 heteroatoms. The first-order chi connectivity index (χ1) is 14.6. The van der Waals surface area contributed by atoms with E-state index in [0.717, 1.165) is 44.1 Å². The van der Waals surface area contributed by atoms with E-state index in [-0.39, 0.29) is 35.8 Å². The Kier molecular flexibility index (Phi) is 8.67. The van der Waals surface area contributed by atoms with Gasteiger partial charge in [-0.15, -0.1) is 24.0 Å². The van der Waals surface area contributed by atoms with Crippen molar-refractivity contribution in [1.29, 1.82) is 0 Å². The minimum atomic E-state index is -0.200. The summed E-state index contributed by atoms with van der Waals surface area (Å²) in [5.41, 5.74) is 2.26. The predicted molar refractivity (Wildman–Crippen MR) is 130 cm³/mol. The van der Waals surface area contributed by atoms with Gasteiger partial charge in [0, 0.05) is 58.9 Å². The molecule has 2 unspecified atom stereocenters. The molecule has 0 aliphatic carbocycles. The zero-order valence-corrected chi connectivity index (χ0v) is 20.5. The van der Waals surface area contributed by atoms with Gasteiger partial charge in [-0.3, -0.25) is 14.6 Å². The van der Waals surface area contributed by atoms with Crippen molar-refractivity contribution in [1.82, 2.24) is 24.9 Å². The van der Waals surface area contributed by atoms with Crippen molar-refractivity contribution < 1.29 is 9.13 Å². The lowest BCUT2D eigenvalue weighted by molar-refractivity contribution is 0.0168. The molecule has 1 aromatic heterocycles. The molecule has 31 heavy (non-hydrogen) atoms. The second-order valence-electron chi connectivity index (χ2n) is 8.03. The highest BCUT2D eigenvalue weighted by Gasteiger charge is 2.28. The number of ether oxygens (including phenoxy) is 1. The highest BCUT2D eigenvalue weighted by molar-refractivity contribution is 14.0. The van der Waals surface area contributed by atoms with E-state index in [1.54, 1.807) is 12.1 Å². The van der Waals surface area contributed by atoms with Gasteiger partial charge in [-0.1, -0.05) is 12.1 Å². The van der Waals surface area contributed by atoms with Gasteiger partial charge in [0.25, 0.3) is 0 Å². The molecule has 0 saturated carbocycles. The fraction of sp³-hybridized carbons (Fsp3) is 0.545. The third-order valence-electron chi connectivity index (χ3n) is 6.07. The van der Waals surface area contributed by atoms with Gasteiger partial charge in [-0.05, 0) is 29.7 Å². The molecule has 1 N–H and O–H groups in total. The van der Waals surface area contributed by atoms with E-state index in [4.69, 9.17) is 4.74 Å². The van der Waals surface area contributed by atoms with Crippen LogP contribution in [0.3, 0.4) is 0 Å². The van der Waals surface area contributed by atoms with Crippen molar-refractivity contribution in [2.75, 3.05) is 53.0 Å². The summed E-state index contributed by atoms with van der Waals surface area (Å²) in [4.78, 5) is 9.19. The van der Waals surface area contributed by atoms with Crippen molar-refractivity contribution in [3.63, 3.8) is 0 Å². The van der Waals surface area contributed by atoms with Gasteiger partial charge in [0.05, 0.1) is 25.5 Å². The van der Waals surface area contributed by atoms with E-state index in [1.165, 1.54) is 11.6 Å². The van der Waals surface area contributed by atoms with Gasteiger partial charge < -0.3 is 15.0 Å². The first-order valence-corrected chi connectivity index (χ1v) is 10.7. The van der Waals surface area contributed by atoms with Gasteiger partial charge in [0.1, 0.15) is 5.82 Å². The smallest absolute Gasteiger partial charge is 0.193 e. The summed E-state index contributed by atoms with van der Waals surface area (Å²) in [5.74, 6) is 1.17. The Bertz CT molecular complexity index is 869. The molecule has 2 saturated heterocycles. The summed E-state index contributed by atoms with van der Waals surface area (Å²) in [5, 5.41) is 7.86. The van der Waals surface area contributed by atoms with Gasteiger partial charge in [-0.25, -0.2) is 4.39 Å². The molecule has 2 aromatic rings. The molecule has 1 aromatic carbocycles. The summed E-state index contributed by atoms with van der Waals surface area (Å²) in [6, 6.07) is 6.99. The summed E-state index contributed by atoms with van der Waals surface area (Å²) in [6.07, 6.45) is 5.15. The molecule has 0 bridgehead atoms. The quantitative estimate of drug-likeness (QED) is 0.358. The number of likely N-dealkylation sites (tertiary alicyclic amines) is 1. The number of nitrogens with one attached hydrogen (secondary N) is 1. The van der Waals surface area contributed by atoms with Gasteiger partial charge in [0.2, 0.25) is 0 Å². The van der Waals surface area contributed by atoms with Crippen LogP contribution in [0.25, 0.3) is 0 Å². The SMILES string of the molecule is CN=C(NCC(c1cccc(F)c1)N1CCOCC1)N1CCC(c2cnn(C)c2)C1.I. The predicted octanol–water partition coefficient (Wildman–Crippen LogP) is 2.62. The number of halogens is 2. The number of nitrogens with zero attached hydrogens (tertiary/aromatic N) is 5. The summed E-state index contributed by atoms with van der Waals surface area (Å²) in [6.45, 7) is 5.65. The first kappa shape index (κ1) is 23.9. The topological polar surface area (TPSA) is 57.9 Å². The van der Waals surface area contributed by atoms with Crippen molar-refractivity contribution in [2.45, 2.75) is 18.4 Å². The summed E-state index contributed by atoms with van der Waals surface area (Å²) in [7, 11) is 3.78. The molecule has 0 amide bonds. The molecule has 7 nitrogen and oxygen atoms in total. The van der Waals surface area contributed by atoms with E-state index in [2.05, 4.69) is 31.4 Å². The molecule has 0 spiro atoms. The highest BCUT2D eigenvalue weighted by atomic mass is 127. The number of hydrogen-bond acceptors (Lipinski definition) is 4. The normalized spacial score (nSPS) is 21.1. The van der Waals surface area contributed by atoms with Crippen LogP contribution in [0.5, 0.6) is 0 Å².